The maximum absolute atomic E-state index is 4.16. The largest absolute Gasteiger partial charge is 0.342 e. The van der Waals surface area contributed by atoms with Gasteiger partial charge in [-0.1, -0.05) is 35.5 Å². The third kappa shape index (κ3) is 2.38. The second-order valence-electron chi connectivity index (χ2n) is 4.47. The summed E-state index contributed by atoms with van der Waals surface area (Å²) in [5.41, 5.74) is 3.91. The van der Waals surface area contributed by atoms with E-state index in [1.807, 2.05) is 36.5 Å². The molecule has 3 aromatic rings. The number of aliphatic imine (C=N–C) groups is 1. The molecular weight excluding hydrogens is 250 g/mol. The Kier molecular flexibility index (Phi) is 3.41. The van der Waals surface area contributed by atoms with Crippen LogP contribution in [0.4, 0.5) is 0 Å². The summed E-state index contributed by atoms with van der Waals surface area (Å²) in [6.07, 6.45) is 3.78. The summed E-state index contributed by atoms with van der Waals surface area (Å²) in [4.78, 5) is 4.02. The minimum Gasteiger partial charge on any atom is -0.342 e. The number of nitrogens with one attached hydrogen (secondary N) is 1. The predicted molar refractivity (Wildman–Crippen MR) is 78.9 cm³/mol. The Labute approximate surface area is 117 Å². The zero-order valence-electron chi connectivity index (χ0n) is 11.2. The van der Waals surface area contributed by atoms with Crippen molar-refractivity contribution in [1.82, 2.24) is 20.0 Å². The van der Waals surface area contributed by atoms with E-state index in [2.05, 4.69) is 37.1 Å². The molecule has 0 aliphatic carbocycles. The van der Waals surface area contributed by atoms with Crippen molar-refractivity contribution in [3.63, 3.8) is 0 Å². The van der Waals surface area contributed by atoms with Crippen LogP contribution >= 0.6 is 0 Å². The molecule has 0 saturated carbocycles. The summed E-state index contributed by atoms with van der Waals surface area (Å²) in [5.74, 6) is 0. The Bertz CT molecular complexity index is 709. The molecule has 1 N–H and O–H groups in total. The van der Waals surface area contributed by atoms with Gasteiger partial charge in [-0.05, 0) is 17.7 Å². The van der Waals surface area contributed by atoms with Crippen LogP contribution in [0.25, 0.3) is 11.4 Å². The van der Waals surface area contributed by atoms with Gasteiger partial charge in [0.1, 0.15) is 11.4 Å². The first-order chi connectivity index (χ1) is 9.88. The standard InChI is InChI=1S/C15H15N5/c1-16-10-13-15(18-19-17-13)14-8-5-9-20(14)11-12-6-3-2-4-7-12/h2-10H,11H2,1H3,(H,17,18,19)/b16-10+. The van der Waals surface area contributed by atoms with Gasteiger partial charge in [0.05, 0.1) is 5.69 Å². The van der Waals surface area contributed by atoms with Crippen LogP contribution in [-0.2, 0) is 6.54 Å². The van der Waals surface area contributed by atoms with Crippen molar-refractivity contribution < 1.29 is 0 Å². The van der Waals surface area contributed by atoms with E-state index in [1.54, 1.807) is 13.3 Å². The highest BCUT2D eigenvalue weighted by Crippen LogP contribution is 2.20. The van der Waals surface area contributed by atoms with E-state index in [1.165, 1.54) is 5.56 Å². The fraction of sp³-hybridized carbons (Fsp3) is 0.133. The first-order valence-corrected chi connectivity index (χ1v) is 6.41. The van der Waals surface area contributed by atoms with E-state index in [0.29, 0.717) is 0 Å². The molecule has 0 aliphatic rings. The average molecular weight is 265 g/mol. The minimum absolute atomic E-state index is 0.804. The van der Waals surface area contributed by atoms with Gasteiger partial charge in [-0.3, -0.25) is 10.1 Å². The Morgan fingerprint density at radius 1 is 1.20 bits per heavy atom. The Balaban J connectivity index is 1.96. The molecule has 0 saturated heterocycles. The summed E-state index contributed by atoms with van der Waals surface area (Å²) in [6, 6.07) is 14.4. The molecule has 0 spiro atoms. The lowest BCUT2D eigenvalue weighted by Gasteiger charge is -2.08. The maximum atomic E-state index is 4.16. The van der Waals surface area contributed by atoms with Crippen molar-refractivity contribution in [3.05, 3.63) is 59.9 Å². The highest BCUT2D eigenvalue weighted by atomic mass is 15.3. The van der Waals surface area contributed by atoms with Crippen molar-refractivity contribution in [2.24, 2.45) is 4.99 Å². The second kappa shape index (κ2) is 5.52. The molecule has 0 fully saturated rings. The lowest BCUT2D eigenvalue weighted by atomic mass is 10.2. The monoisotopic (exact) mass is 265 g/mol. The van der Waals surface area contributed by atoms with Crippen LogP contribution in [-0.4, -0.2) is 33.2 Å². The Hall–Kier alpha value is -2.69. The Morgan fingerprint density at radius 3 is 2.85 bits per heavy atom. The summed E-state index contributed by atoms with van der Waals surface area (Å²) >= 11 is 0. The van der Waals surface area contributed by atoms with Crippen LogP contribution in [0, 0.1) is 0 Å². The molecule has 0 atom stereocenters. The number of aromatic nitrogens is 4. The van der Waals surface area contributed by atoms with Gasteiger partial charge < -0.3 is 4.57 Å². The molecule has 1 aromatic carbocycles. The zero-order valence-corrected chi connectivity index (χ0v) is 11.2. The topological polar surface area (TPSA) is 58.9 Å². The third-order valence-corrected chi connectivity index (χ3v) is 3.10. The van der Waals surface area contributed by atoms with Gasteiger partial charge in [-0.25, -0.2) is 0 Å². The summed E-state index contributed by atoms with van der Waals surface area (Å²) < 4.78 is 2.15. The first kappa shape index (κ1) is 12.3. The smallest absolute Gasteiger partial charge is 0.138 e. The van der Waals surface area contributed by atoms with Gasteiger partial charge in [0.25, 0.3) is 0 Å². The molecule has 20 heavy (non-hydrogen) atoms. The number of hydrogen-bond donors (Lipinski definition) is 1. The van der Waals surface area contributed by atoms with E-state index in [4.69, 9.17) is 0 Å². The van der Waals surface area contributed by atoms with Crippen LogP contribution in [0.2, 0.25) is 0 Å². The summed E-state index contributed by atoms with van der Waals surface area (Å²) in [7, 11) is 1.73. The van der Waals surface area contributed by atoms with Crippen molar-refractivity contribution in [3.8, 4) is 11.4 Å². The second-order valence-corrected chi connectivity index (χ2v) is 4.47. The molecule has 0 radical (unpaired) electrons. The highest BCUT2D eigenvalue weighted by molar-refractivity contribution is 5.85. The molecule has 0 amide bonds. The van der Waals surface area contributed by atoms with E-state index < -0.39 is 0 Å². The Morgan fingerprint density at radius 2 is 2.05 bits per heavy atom. The van der Waals surface area contributed by atoms with Gasteiger partial charge >= 0.3 is 0 Å². The van der Waals surface area contributed by atoms with Crippen LogP contribution < -0.4 is 0 Å². The fourth-order valence-corrected chi connectivity index (χ4v) is 2.19. The summed E-state index contributed by atoms with van der Waals surface area (Å²) in [5, 5.41) is 10.9. The van der Waals surface area contributed by atoms with Gasteiger partial charge in [-0.2, -0.15) is 0 Å². The SMILES string of the molecule is C/N=C/c1[nH]nnc1-c1cccn1Cc1ccccc1. The molecule has 5 heteroatoms. The number of rotatable bonds is 4. The van der Waals surface area contributed by atoms with Gasteiger partial charge in [0.15, 0.2) is 0 Å². The van der Waals surface area contributed by atoms with E-state index in [0.717, 1.165) is 23.6 Å². The van der Waals surface area contributed by atoms with Gasteiger partial charge in [-0.15, -0.1) is 5.10 Å². The van der Waals surface area contributed by atoms with Crippen LogP contribution in [0.5, 0.6) is 0 Å². The first-order valence-electron chi connectivity index (χ1n) is 6.41. The van der Waals surface area contributed by atoms with Crippen LogP contribution in [0.1, 0.15) is 11.3 Å². The number of nitrogens with zero attached hydrogens (tertiary/aromatic N) is 4. The van der Waals surface area contributed by atoms with Crippen molar-refractivity contribution in [1.29, 1.82) is 0 Å². The number of aromatic amines is 1. The van der Waals surface area contributed by atoms with Crippen molar-refractivity contribution in [2.45, 2.75) is 6.54 Å². The van der Waals surface area contributed by atoms with Gasteiger partial charge in [0.2, 0.25) is 0 Å². The summed E-state index contributed by atoms with van der Waals surface area (Å²) in [6.45, 7) is 0.804. The molecule has 3 rings (SSSR count). The third-order valence-electron chi connectivity index (χ3n) is 3.10. The highest BCUT2D eigenvalue weighted by Gasteiger charge is 2.12. The van der Waals surface area contributed by atoms with Gasteiger partial charge in [0, 0.05) is 26.0 Å². The lowest BCUT2D eigenvalue weighted by Crippen LogP contribution is -2.01. The predicted octanol–water partition coefficient (Wildman–Crippen LogP) is 2.37. The minimum atomic E-state index is 0.804. The van der Waals surface area contributed by atoms with Crippen LogP contribution in [0.15, 0.2) is 53.7 Å². The van der Waals surface area contributed by atoms with E-state index in [9.17, 15) is 0 Å². The molecular formula is C15H15N5. The van der Waals surface area contributed by atoms with Crippen molar-refractivity contribution >= 4 is 6.21 Å². The van der Waals surface area contributed by atoms with E-state index in [-0.39, 0.29) is 0 Å². The average Bonchev–Trinajstić information content (AvgIpc) is 3.09. The molecule has 5 nitrogen and oxygen atoms in total. The molecule has 0 bridgehead atoms. The number of hydrogen-bond acceptors (Lipinski definition) is 3. The quantitative estimate of drug-likeness (QED) is 0.736. The van der Waals surface area contributed by atoms with E-state index >= 15 is 0 Å². The normalized spacial score (nSPS) is 11.2. The van der Waals surface area contributed by atoms with Crippen LogP contribution in [0.3, 0.4) is 0 Å². The molecule has 0 unspecified atom stereocenters. The fourth-order valence-electron chi connectivity index (χ4n) is 2.19. The van der Waals surface area contributed by atoms with Crippen molar-refractivity contribution in [2.75, 3.05) is 7.05 Å². The molecule has 0 aliphatic heterocycles. The zero-order chi connectivity index (χ0) is 13.8. The molecule has 2 aromatic heterocycles. The number of benzene rings is 1. The maximum Gasteiger partial charge on any atom is 0.138 e. The molecule has 2 heterocycles. The lowest BCUT2D eigenvalue weighted by molar-refractivity contribution is 0.810. The molecule has 100 valence electrons. The number of H-pyrrole nitrogens is 1.